The first-order chi connectivity index (χ1) is 10.8. The number of benzene rings is 1. The molecule has 1 heterocycles. The summed E-state index contributed by atoms with van der Waals surface area (Å²) in [6.07, 6.45) is 0.683. The van der Waals surface area contributed by atoms with Gasteiger partial charge in [-0.1, -0.05) is 11.6 Å². The lowest BCUT2D eigenvalue weighted by Crippen LogP contribution is -2.49. The van der Waals surface area contributed by atoms with Crippen LogP contribution in [0.4, 0.5) is 4.39 Å². The first kappa shape index (κ1) is 17.0. The van der Waals surface area contributed by atoms with Crippen molar-refractivity contribution in [3.8, 4) is 0 Å². The lowest BCUT2D eigenvalue weighted by atomic mass is 9.98. The zero-order valence-corrected chi connectivity index (χ0v) is 13.2. The molecule has 0 saturated carbocycles. The van der Waals surface area contributed by atoms with Crippen LogP contribution in [0.25, 0.3) is 0 Å². The standard InChI is InChI=1S/C15H16ClFN4O2/c1-8-5-20-12(6-21(8)7-22)13(15(19)23)14(18)9-2-3-11(17)10(16)4-9/h2-4,7-8,18,20H,5-6H2,1H3,(H2,19,23)/b13-12+,18-14?. The number of carbonyl (C=O) groups is 2. The van der Waals surface area contributed by atoms with Gasteiger partial charge >= 0.3 is 0 Å². The van der Waals surface area contributed by atoms with E-state index < -0.39 is 11.7 Å². The number of hydrogen-bond acceptors (Lipinski definition) is 4. The maximum absolute atomic E-state index is 13.3. The molecule has 1 unspecified atom stereocenters. The van der Waals surface area contributed by atoms with E-state index >= 15 is 0 Å². The molecule has 0 aliphatic carbocycles. The lowest BCUT2D eigenvalue weighted by Gasteiger charge is -2.34. The third kappa shape index (κ3) is 3.50. The molecule has 6 nitrogen and oxygen atoms in total. The van der Waals surface area contributed by atoms with Crippen molar-refractivity contribution in [2.75, 3.05) is 13.1 Å². The van der Waals surface area contributed by atoms with Gasteiger partial charge in [0.25, 0.3) is 5.91 Å². The van der Waals surface area contributed by atoms with Crippen molar-refractivity contribution >= 4 is 29.6 Å². The second-order valence-corrected chi connectivity index (χ2v) is 5.64. The number of nitrogens with one attached hydrogen (secondary N) is 2. The number of piperazine rings is 1. The molecule has 0 bridgehead atoms. The van der Waals surface area contributed by atoms with Gasteiger partial charge in [0, 0.05) is 23.8 Å². The van der Waals surface area contributed by atoms with Gasteiger partial charge in [0.1, 0.15) is 5.82 Å². The van der Waals surface area contributed by atoms with Gasteiger partial charge in [0.15, 0.2) is 0 Å². The fourth-order valence-corrected chi connectivity index (χ4v) is 2.49. The van der Waals surface area contributed by atoms with Gasteiger partial charge in [0.2, 0.25) is 6.41 Å². The minimum absolute atomic E-state index is 0.0418. The zero-order valence-electron chi connectivity index (χ0n) is 12.4. The number of nitrogens with two attached hydrogens (primary N) is 1. The summed E-state index contributed by atoms with van der Waals surface area (Å²) < 4.78 is 13.3. The van der Waals surface area contributed by atoms with E-state index in [9.17, 15) is 14.0 Å². The van der Waals surface area contributed by atoms with Crippen LogP contribution in [0, 0.1) is 11.2 Å². The fourth-order valence-electron chi connectivity index (χ4n) is 2.31. The van der Waals surface area contributed by atoms with Crippen LogP contribution in [0.3, 0.4) is 0 Å². The summed E-state index contributed by atoms with van der Waals surface area (Å²) in [5.41, 5.74) is 5.82. The molecular formula is C15H16ClFN4O2. The van der Waals surface area contributed by atoms with Gasteiger partial charge in [0.05, 0.1) is 22.9 Å². The van der Waals surface area contributed by atoms with Crippen molar-refractivity contribution < 1.29 is 14.0 Å². The number of rotatable bonds is 4. The third-order valence-electron chi connectivity index (χ3n) is 3.66. The molecule has 1 saturated heterocycles. The smallest absolute Gasteiger partial charge is 0.252 e. The molecule has 0 aromatic heterocycles. The number of carbonyl (C=O) groups excluding carboxylic acids is 2. The molecule has 1 aliphatic heterocycles. The first-order valence-corrected chi connectivity index (χ1v) is 7.25. The summed E-state index contributed by atoms with van der Waals surface area (Å²) in [6, 6.07) is 3.67. The lowest BCUT2D eigenvalue weighted by molar-refractivity contribution is -0.120. The Kier molecular flexibility index (Phi) is 5.00. The van der Waals surface area contributed by atoms with E-state index in [0.29, 0.717) is 18.7 Å². The van der Waals surface area contributed by atoms with E-state index in [1.165, 1.54) is 17.0 Å². The van der Waals surface area contributed by atoms with Crippen molar-refractivity contribution in [2.45, 2.75) is 13.0 Å². The van der Waals surface area contributed by atoms with Crippen LogP contribution in [0.2, 0.25) is 5.02 Å². The normalized spacial score (nSPS) is 19.8. The largest absolute Gasteiger partial charge is 0.384 e. The Bertz CT molecular complexity index is 705. The van der Waals surface area contributed by atoms with Crippen LogP contribution in [0.15, 0.2) is 29.5 Å². The van der Waals surface area contributed by atoms with Crippen LogP contribution < -0.4 is 11.1 Å². The predicted octanol–water partition coefficient (Wildman–Crippen LogP) is 1.04. The van der Waals surface area contributed by atoms with E-state index in [1.54, 1.807) is 0 Å². The molecule has 0 spiro atoms. The quantitative estimate of drug-likeness (QED) is 0.434. The third-order valence-corrected chi connectivity index (χ3v) is 3.95. The van der Waals surface area contributed by atoms with Crippen molar-refractivity contribution in [2.24, 2.45) is 5.73 Å². The zero-order chi connectivity index (χ0) is 17.1. The molecule has 1 aliphatic rings. The Morgan fingerprint density at radius 3 is 2.83 bits per heavy atom. The van der Waals surface area contributed by atoms with Crippen molar-refractivity contribution in [1.82, 2.24) is 10.2 Å². The highest BCUT2D eigenvalue weighted by Gasteiger charge is 2.26. The molecule has 1 aromatic rings. The molecular weight excluding hydrogens is 323 g/mol. The molecule has 1 aromatic carbocycles. The highest BCUT2D eigenvalue weighted by Crippen LogP contribution is 2.20. The highest BCUT2D eigenvalue weighted by molar-refractivity contribution is 6.32. The van der Waals surface area contributed by atoms with Gasteiger partial charge in [-0.15, -0.1) is 0 Å². The Morgan fingerprint density at radius 2 is 2.26 bits per heavy atom. The van der Waals surface area contributed by atoms with Crippen LogP contribution in [0.1, 0.15) is 12.5 Å². The van der Waals surface area contributed by atoms with E-state index in [-0.39, 0.29) is 34.5 Å². The Balaban J connectivity index is 2.43. The average molecular weight is 339 g/mol. The van der Waals surface area contributed by atoms with E-state index in [0.717, 1.165) is 6.07 Å². The summed E-state index contributed by atoms with van der Waals surface area (Å²) in [4.78, 5) is 24.4. The van der Waals surface area contributed by atoms with Crippen molar-refractivity contribution in [3.63, 3.8) is 0 Å². The van der Waals surface area contributed by atoms with Crippen LogP contribution in [-0.2, 0) is 9.59 Å². The van der Waals surface area contributed by atoms with Crippen molar-refractivity contribution in [1.29, 1.82) is 5.41 Å². The summed E-state index contributed by atoms with van der Waals surface area (Å²) in [7, 11) is 0. The SMILES string of the molecule is CC1CN/C(=C(\C(=N)c2ccc(F)c(Cl)c2)C(N)=O)CN1C=O. The van der Waals surface area contributed by atoms with Crippen LogP contribution in [-0.4, -0.2) is 42.1 Å². The summed E-state index contributed by atoms with van der Waals surface area (Å²) >= 11 is 5.72. The molecule has 23 heavy (non-hydrogen) atoms. The van der Waals surface area contributed by atoms with Gasteiger partial charge in [-0.05, 0) is 25.1 Å². The first-order valence-electron chi connectivity index (χ1n) is 6.87. The van der Waals surface area contributed by atoms with Gasteiger partial charge < -0.3 is 16.0 Å². The Labute approximate surface area is 137 Å². The molecule has 1 fully saturated rings. The van der Waals surface area contributed by atoms with E-state index in [2.05, 4.69) is 5.32 Å². The topological polar surface area (TPSA) is 99.3 Å². The summed E-state index contributed by atoms with van der Waals surface area (Å²) in [5.74, 6) is -1.42. The summed E-state index contributed by atoms with van der Waals surface area (Å²) in [6.45, 7) is 2.43. The molecule has 0 radical (unpaired) electrons. The second kappa shape index (κ2) is 6.78. The number of hydrogen-bond donors (Lipinski definition) is 3. The maximum Gasteiger partial charge on any atom is 0.252 e. The molecule has 4 N–H and O–H groups in total. The van der Waals surface area contributed by atoms with E-state index in [4.69, 9.17) is 22.7 Å². The van der Waals surface area contributed by atoms with Crippen molar-refractivity contribution in [3.05, 3.63) is 45.9 Å². The molecule has 8 heteroatoms. The molecule has 2 rings (SSSR count). The van der Waals surface area contributed by atoms with Gasteiger partial charge in [-0.25, -0.2) is 4.39 Å². The van der Waals surface area contributed by atoms with Gasteiger partial charge in [-0.2, -0.15) is 0 Å². The number of amides is 2. The molecule has 1 atom stereocenters. The Morgan fingerprint density at radius 1 is 1.57 bits per heavy atom. The minimum Gasteiger partial charge on any atom is -0.384 e. The fraction of sp³-hybridized carbons (Fsp3) is 0.267. The van der Waals surface area contributed by atoms with Gasteiger partial charge in [-0.3, -0.25) is 15.0 Å². The second-order valence-electron chi connectivity index (χ2n) is 5.23. The monoisotopic (exact) mass is 338 g/mol. The van der Waals surface area contributed by atoms with Crippen LogP contribution >= 0.6 is 11.6 Å². The molecule has 2 amide bonds. The Hall–Kier alpha value is -2.41. The van der Waals surface area contributed by atoms with E-state index in [1.807, 2.05) is 6.92 Å². The number of primary amides is 1. The summed E-state index contributed by atoms with van der Waals surface area (Å²) in [5, 5.41) is 11.1. The maximum atomic E-state index is 13.3. The molecule has 122 valence electrons. The van der Waals surface area contributed by atoms with Crippen LogP contribution in [0.5, 0.6) is 0 Å². The average Bonchev–Trinajstić information content (AvgIpc) is 2.51. The predicted molar refractivity (Wildman–Crippen MR) is 84.7 cm³/mol. The minimum atomic E-state index is -0.807. The number of halogens is 2. The number of nitrogens with zero attached hydrogens (tertiary/aromatic N) is 1. The highest BCUT2D eigenvalue weighted by atomic mass is 35.5.